The zero-order valence-electron chi connectivity index (χ0n) is 18.1. The molecule has 0 saturated carbocycles. The largest absolute Gasteiger partial charge is 0.416 e. The SMILES string of the molecule is O=C(C1CCN(S(=O)(=O)c2ccc(C(F)(F)F)cc2)CC1)N1CCN(c2cc(Cl)ncn2)CC1. The number of sulfonamides is 1. The number of benzene rings is 1. The van der Waals surface area contributed by atoms with E-state index in [-0.39, 0.29) is 29.8 Å². The van der Waals surface area contributed by atoms with E-state index >= 15 is 0 Å². The molecule has 1 amide bonds. The first-order valence-corrected chi connectivity index (χ1v) is 12.6. The first-order valence-electron chi connectivity index (χ1n) is 10.7. The van der Waals surface area contributed by atoms with Crippen molar-refractivity contribution in [2.24, 2.45) is 5.92 Å². The molecule has 8 nitrogen and oxygen atoms in total. The van der Waals surface area contributed by atoms with E-state index in [0.29, 0.717) is 50.0 Å². The molecule has 2 aromatic rings. The number of halogens is 4. The number of alkyl halides is 3. The fourth-order valence-corrected chi connectivity index (χ4v) is 5.83. The van der Waals surface area contributed by atoms with Crippen LogP contribution < -0.4 is 4.90 Å². The smallest absolute Gasteiger partial charge is 0.353 e. The van der Waals surface area contributed by atoms with Crippen LogP contribution in [0.4, 0.5) is 19.0 Å². The summed E-state index contributed by atoms with van der Waals surface area (Å²) < 4.78 is 65.2. The van der Waals surface area contributed by atoms with Gasteiger partial charge in [-0.05, 0) is 37.1 Å². The Morgan fingerprint density at radius 3 is 2.15 bits per heavy atom. The zero-order valence-corrected chi connectivity index (χ0v) is 19.7. The maximum absolute atomic E-state index is 13.0. The van der Waals surface area contributed by atoms with Crippen LogP contribution >= 0.6 is 11.6 Å². The molecule has 0 bridgehead atoms. The molecule has 3 heterocycles. The van der Waals surface area contributed by atoms with Crippen LogP contribution in [0.5, 0.6) is 0 Å². The van der Waals surface area contributed by atoms with E-state index in [1.165, 1.54) is 10.6 Å². The Labute approximate surface area is 200 Å². The minimum absolute atomic E-state index is 0.00746. The molecule has 1 aromatic carbocycles. The van der Waals surface area contributed by atoms with E-state index in [0.717, 1.165) is 24.3 Å². The third-order valence-corrected chi connectivity index (χ3v) is 8.28. The summed E-state index contributed by atoms with van der Waals surface area (Å²) in [6, 6.07) is 5.14. The second kappa shape index (κ2) is 9.67. The number of nitrogens with zero attached hydrogens (tertiary/aromatic N) is 5. The first kappa shape index (κ1) is 24.7. The summed E-state index contributed by atoms with van der Waals surface area (Å²) in [5, 5.41) is 0.349. The number of anilines is 1. The summed E-state index contributed by atoms with van der Waals surface area (Å²) in [7, 11) is -3.93. The number of carbonyl (C=O) groups is 1. The fraction of sp³-hybridized carbons (Fsp3) is 0.476. The summed E-state index contributed by atoms with van der Waals surface area (Å²) in [5.74, 6) is 0.403. The highest BCUT2D eigenvalue weighted by Gasteiger charge is 2.36. The Bertz CT molecular complexity index is 1130. The van der Waals surface area contributed by atoms with E-state index in [9.17, 15) is 26.4 Å². The molecule has 2 aliphatic heterocycles. The molecule has 0 atom stereocenters. The van der Waals surface area contributed by atoms with Gasteiger partial charge in [0.05, 0.1) is 10.5 Å². The molecule has 0 spiro atoms. The standard InChI is InChI=1S/C21H23ClF3N5O3S/c22-18-13-19(27-14-26-18)28-9-11-29(12-10-28)20(31)15-5-7-30(8-6-15)34(32,33)17-3-1-16(2-4-17)21(23,24)25/h1-4,13-15H,5-12H2. The number of piperidine rings is 1. The molecule has 34 heavy (non-hydrogen) atoms. The van der Waals surface area contributed by atoms with Gasteiger partial charge in [0.2, 0.25) is 15.9 Å². The molecule has 1 aromatic heterocycles. The number of hydrogen-bond donors (Lipinski definition) is 0. The summed E-state index contributed by atoms with van der Waals surface area (Å²) in [6.07, 6.45) is -2.42. The van der Waals surface area contributed by atoms with Gasteiger partial charge < -0.3 is 9.80 Å². The highest BCUT2D eigenvalue weighted by Crippen LogP contribution is 2.31. The normalized spacial score (nSPS) is 18.8. The molecule has 2 fully saturated rings. The molecule has 2 saturated heterocycles. The average molecular weight is 518 g/mol. The van der Waals surface area contributed by atoms with E-state index in [1.807, 2.05) is 4.90 Å². The van der Waals surface area contributed by atoms with Gasteiger partial charge in [0.25, 0.3) is 0 Å². The van der Waals surface area contributed by atoms with Crippen molar-refractivity contribution in [1.29, 1.82) is 0 Å². The number of amides is 1. The lowest BCUT2D eigenvalue weighted by molar-refractivity contribution is -0.138. The molecule has 0 unspecified atom stereocenters. The summed E-state index contributed by atoms with van der Waals surface area (Å²) in [4.78, 5) is 24.7. The minimum Gasteiger partial charge on any atom is -0.353 e. The zero-order chi connectivity index (χ0) is 24.5. The lowest BCUT2D eigenvalue weighted by Gasteiger charge is -2.38. The third-order valence-electron chi connectivity index (χ3n) is 6.16. The predicted molar refractivity (Wildman–Crippen MR) is 119 cm³/mol. The van der Waals surface area contributed by atoms with Crippen LogP contribution in [-0.2, 0) is 21.0 Å². The molecular formula is C21H23ClF3N5O3S. The highest BCUT2D eigenvalue weighted by molar-refractivity contribution is 7.89. The van der Waals surface area contributed by atoms with Gasteiger partial charge in [0, 0.05) is 51.3 Å². The fourth-order valence-electron chi connectivity index (χ4n) is 4.22. The Balaban J connectivity index is 1.31. The van der Waals surface area contributed by atoms with Gasteiger partial charge >= 0.3 is 6.18 Å². The van der Waals surface area contributed by atoms with Crippen LogP contribution in [0.3, 0.4) is 0 Å². The Hall–Kier alpha value is -2.44. The maximum atomic E-state index is 13.0. The van der Waals surface area contributed by atoms with E-state index in [2.05, 4.69) is 9.97 Å². The van der Waals surface area contributed by atoms with Crippen molar-refractivity contribution >= 4 is 33.3 Å². The van der Waals surface area contributed by atoms with Gasteiger partial charge in [0.15, 0.2) is 0 Å². The van der Waals surface area contributed by atoms with Crippen molar-refractivity contribution in [2.45, 2.75) is 23.9 Å². The van der Waals surface area contributed by atoms with Crippen LogP contribution in [0.15, 0.2) is 41.6 Å². The quantitative estimate of drug-likeness (QED) is 0.580. The van der Waals surface area contributed by atoms with Gasteiger partial charge in [-0.3, -0.25) is 4.79 Å². The highest BCUT2D eigenvalue weighted by atomic mass is 35.5. The Morgan fingerprint density at radius 2 is 1.59 bits per heavy atom. The molecule has 0 N–H and O–H groups in total. The topological polar surface area (TPSA) is 86.7 Å². The Morgan fingerprint density at radius 1 is 0.971 bits per heavy atom. The second-order valence-electron chi connectivity index (χ2n) is 8.21. The van der Waals surface area contributed by atoms with Crippen LogP contribution in [0.25, 0.3) is 0 Å². The molecular weight excluding hydrogens is 495 g/mol. The summed E-state index contributed by atoms with van der Waals surface area (Å²) in [6.45, 7) is 2.51. The minimum atomic E-state index is -4.53. The maximum Gasteiger partial charge on any atom is 0.416 e. The number of piperazine rings is 1. The van der Waals surface area contributed by atoms with Crippen molar-refractivity contribution in [1.82, 2.24) is 19.2 Å². The first-order chi connectivity index (χ1) is 16.1. The predicted octanol–water partition coefficient (Wildman–Crippen LogP) is 2.90. The van der Waals surface area contributed by atoms with Crippen molar-refractivity contribution in [3.8, 4) is 0 Å². The van der Waals surface area contributed by atoms with E-state index < -0.39 is 21.8 Å². The summed E-state index contributed by atoms with van der Waals surface area (Å²) in [5.41, 5.74) is -0.904. The number of aromatic nitrogens is 2. The monoisotopic (exact) mass is 517 g/mol. The molecule has 184 valence electrons. The van der Waals surface area contributed by atoms with Gasteiger partial charge in [-0.1, -0.05) is 11.6 Å². The van der Waals surface area contributed by atoms with E-state index in [4.69, 9.17) is 11.6 Å². The lowest BCUT2D eigenvalue weighted by atomic mass is 9.96. The van der Waals surface area contributed by atoms with Gasteiger partial charge in [-0.2, -0.15) is 17.5 Å². The number of hydrogen-bond acceptors (Lipinski definition) is 6. The number of rotatable bonds is 4. The van der Waals surface area contributed by atoms with Gasteiger partial charge in [-0.25, -0.2) is 18.4 Å². The second-order valence-corrected chi connectivity index (χ2v) is 10.5. The average Bonchev–Trinajstić information content (AvgIpc) is 2.83. The van der Waals surface area contributed by atoms with Crippen LogP contribution in [-0.4, -0.2) is 72.8 Å². The van der Waals surface area contributed by atoms with Crippen molar-refractivity contribution in [3.05, 3.63) is 47.4 Å². The third kappa shape index (κ3) is 5.28. The Kier molecular flexibility index (Phi) is 7.02. The molecule has 0 aliphatic carbocycles. The van der Waals surface area contributed by atoms with Crippen molar-refractivity contribution in [3.63, 3.8) is 0 Å². The van der Waals surface area contributed by atoms with Crippen LogP contribution in [0, 0.1) is 5.92 Å². The molecule has 13 heteroatoms. The van der Waals surface area contributed by atoms with Crippen molar-refractivity contribution < 1.29 is 26.4 Å². The molecule has 2 aliphatic rings. The number of carbonyl (C=O) groups excluding carboxylic acids is 1. The van der Waals surface area contributed by atoms with Crippen LogP contribution in [0.1, 0.15) is 18.4 Å². The molecule has 0 radical (unpaired) electrons. The van der Waals surface area contributed by atoms with Crippen LogP contribution in [0.2, 0.25) is 5.15 Å². The molecule has 4 rings (SSSR count). The van der Waals surface area contributed by atoms with Crippen molar-refractivity contribution in [2.75, 3.05) is 44.2 Å². The van der Waals surface area contributed by atoms with E-state index in [1.54, 1.807) is 11.0 Å². The van der Waals surface area contributed by atoms with Gasteiger partial charge in [0.1, 0.15) is 17.3 Å². The summed E-state index contributed by atoms with van der Waals surface area (Å²) >= 11 is 5.92. The van der Waals surface area contributed by atoms with Gasteiger partial charge in [-0.15, -0.1) is 0 Å². The lowest BCUT2D eigenvalue weighted by Crippen LogP contribution is -2.52.